The number of hydrogen-bond acceptors (Lipinski definition) is 2. The molecule has 0 saturated heterocycles. The molecule has 0 aliphatic carbocycles. The number of aryl methyl sites for hydroxylation is 2. The lowest BCUT2D eigenvalue weighted by atomic mass is 10.0. The van der Waals surface area contributed by atoms with E-state index in [0.29, 0.717) is 0 Å². The molecule has 0 radical (unpaired) electrons. The third-order valence-electron chi connectivity index (χ3n) is 4.86. The molecule has 0 aliphatic rings. The predicted octanol–water partition coefficient (Wildman–Crippen LogP) is 4.70. The molecule has 4 nitrogen and oxygen atoms in total. The fourth-order valence-corrected chi connectivity index (χ4v) is 3.63. The zero-order valence-corrected chi connectivity index (χ0v) is 14.6. The predicted molar refractivity (Wildman–Crippen MR) is 101 cm³/mol. The molecule has 4 aromatic rings. The van der Waals surface area contributed by atoms with Gasteiger partial charge in [0.25, 0.3) is 0 Å². The van der Waals surface area contributed by atoms with Gasteiger partial charge in [0.2, 0.25) is 0 Å². The minimum absolute atomic E-state index is 0.717. The maximum Gasteiger partial charge on any atom is 0.120 e. The normalized spacial score (nSPS) is 11.1. The zero-order chi connectivity index (χ0) is 17.6. The largest absolute Gasteiger partial charge is 0.497 e. The standard InChI is InChI=1S/C21H19N3O/c1-4-24-20-12-16(25-3)6-7-17(20)18(13-22)21(24)15-5-8-19-14(11-15)9-10-23(19)2/h5-12H,4H2,1-3H3. The van der Waals surface area contributed by atoms with E-state index in [4.69, 9.17) is 4.74 Å². The highest BCUT2D eigenvalue weighted by molar-refractivity contribution is 5.97. The summed E-state index contributed by atoms with van der Waals surface area (Å²) in [6.45, 7) is 2.89. The molecule has 2 heterocycles. The molecule has 0 N–H and O–H groups in total. The summed E-state index contributed by atoms with van der Waals surface area (Å²) < 4.78 is 9.67. The Balaban J connectivity index is 2.06. The second kappa shape index (κ2) is 5.71. The average Bonchev–Trinajstić information content (AvgIpc) is 3.17. The highest BCUT2D eigenvalue weighted by Crippen LogP contribution is 2.36. The van der Waals surface area contributed by atoms with Gasteiger partial charge in [0.15, 0.2) is 0 Å². The van der Waals surface area contributed by atoms with Crippen LogP contribution >= 0.6 is 0 Å². The molecule has 0 spiro atoms. The molecular formula is C21H19N3O. The van der Waals surface area contributed by atoms with Crippen molar-refractivity contribution in [3.63, 3.8) is 0 Å². The Morgan fingerprint density at radius 2 is 1.92 bits per heavy atom. The van der Waals surface area contributed by atoms with E-state index in [9.17, 15) is 5.26 Å². The lowest BCUT2D eigenvalue weighted by Crippen LogP contribution is -1.98. The molecule has 2 aromatic carbocycles. The van der Waals surface area contributed by atoms with Crippen molar-refractivity contribution in [3.05, 3.63) is 54.2 Å². The van der Waals surface area contributed by atoms with Crippen molar-refractivity contribution < 1.29 is 4.74 Å². The quantitative estimate of drug-likeness (QED) is 0.547. The van der Waals surface area contributed by atoms with Crippen LogP contribution in [0.15, 0.2) is 48.7 Å². The van der Waals surface area contributed by atoms with Crippen LogP contribution in [0.3, 0.4) is 0 Å². The van der Waals surface area contributed by atoms with Crippen LogP contribution in [0.2, 0.25) is 0 Å². The van der Waals surface area contributed by atoms with Crippen LogP contribution in [-0.2, 0) is 13.6 Å². The molecule has 0 fully saturated rings. The number of hydrogen-bond donors (Lipinski definition) is 0. The second-order valence-corrected chi connectivity index (χ2v) is 6.16. The van der Waals surface area contributed by atoms with E-state index in [1.807, 2.05) is 25.2 Å². The number of ether oxygens (including phenoxy) is 1. The Hall–Kier alpha value is -3.19. The lowest BCUT2D eigenvalue weighted by Gasteiger charge is -2.10. The molecule has 2 aromatic heterocycles. The number of benzene rings is 2. The summed E-state index contributed by atoms with van der Waals surface area (Å²) in [5.41, 5.74) is 4.96. The van der Waals surface area contributed by atoms with Gasteiger partial charge in [-0.1, -0.05) is 6.07 Å². The molecule has 4 rings (SSSR count). The zero-order valence-electron chi connectivity index (χ0n) is 14.6. The Morgan fingerprint density at radius 1 is 1.08 bits per heavy atom. The monoisotopic (exact) mass is 329 g/mol. The number of nitriles is 1. The molecule has 25 heavy (non-hydrogen) atoms. The van der Waals surface area contributed by atoms with Gasteiger partial charge in [0, 0.05) is 47.7 Å². The van der Waals surface area contributed by atoms with Gasteiger partial charge in [-0.25, -0.2) is 0 Å². The third-order valence-corrected chi connectivity index (χ3v) is 4.86. The van der Waals surface area contributed by atoms with Crippen LogP contribution in [0.5, 0.6) is 5.75 Å². The number of fused-ring (bicyclic) bond motifs is 2. The first-order valence-electron chi connectivity index (χ1n) is 8.33. The summed E-state index contributed by atoms with van der Waals surface area (Å²) in [7, 11) is 3.70. The minimum Gasteiger partial charge on any atom is -0.497 e. The molecular weight excluding hydrogens is 310 g/mol. The summed E-state index contributed by atoms with van der Waals surface area (Å²) in [5.74, 6) is 0.800. The molecule has 0 atom stereocenters. The molecule has 0 amide bonds. The summed E-state index contributed by atoms with van der Waals surface area (Å²) in [5, 5.41) is 12.0. The number of nitrogens with zero attached hydrogens (tertiary/aromatic N) is 3. The molecule has 124 valence electrons. The first-order valence-corrected chi connectivity index (χ1v) is 8.33. The van der Waals surface area contributed by atoms with E-state index in [1.165, 1.54) is 10.9 Å². The fraction of sp³-hybridized carbons (Fsp3) is 0.190. The van der Waals surface area contributed by atoms with Gasteiger partial charge in [-0.2, -0.15) is 5.26 Å². The lowest BCUT2D eigenvalue weighted by molar-refractivity contribution is 0.415. The van der Waals surface area contributed by atoms with Gasteiger partial charge < -0.3 is 13.9 Å². The maximum atomic E-state index is 9.83. The van der Waals surface area contributed by atoms with Gasteiger partial charge in [-0.3, -0.25) is 0 Å². The van der Waals surface area contributed by atoms with E-state index in [2.05, 4.69) is 52.6 Å². The Kier molecular flexibility index (Phi) is 3.51. The fourth-order valence-electron chi connectivity index (χ4n) is 3.63. The van der Waals surface area contributed by atoms with Crippen LogP contribution in [-0.4, -0.2) is 16.2 Å². The summed E-state index contributed by atoms with van der Waals surface area (Å²) in [6, 6.07) is 16.8. The van der Waals surface area contributed by atoms with Crippen molar-refractivity contribution in [3.8, 4) is 23.1 Å². The van der Waals surface area contributed by atoms with E-state index in [1.54, 1.807) is 7.11 Å². The minimum atomic E-state index is 0.717. The smallest absolute Gasteiger partial charge is 0.120 e. The van der Waals surface area contributed by atoms with E-state index >= 15 is 0 Å². The first kappa shape index (κ1) is 15.3. The van der Waals surface area contributed by atoms with Crippen LogP contribution in [0.1, 0.15) is 12.5 Å². The van der Waals surface area contributed by atoms with E-state index in [0.717, 1.165) is 40.0 Å². The summed E-state index contributed by atoms with van der Waals surface area (Å²) >= 11 is 0. The molecule has 0 unspecified atom stereocenters. The highest BCUT2D eigenvalue weighted by atomic mass is 16.5. The topological polar surface area (TPSA) is 42.9 Å². The average molecular weight is 329 g/mol. The SMILES string of the molecule is CCn1c(-c2ccc3c(ccn3C)c2)c(C#N)c2ccc(OC)cc21. The van der Waals surface area contributed by atoms with Crippen molar-refractivity contribution in [2.75, 3.05) is 7.11 Å². The van der Waals surface area contributed by atoms with Gasteiger partial charge in [0.1, 0.15) is 11.8 Å². The first-order chi connectivity index (χ1) is 12.2. The van der Waals surface area contributed by atoms with Crippen LogP contribution < -0.4 is 4.74 Å². The Morgan fingerprint density at radius 3 is 2.64 bits per heavy atom. The summed E-state index contributed by atoms with van der Waals surface area (Å²) in [6.07, 6.45) is 2.06. The van der Waals surface area contributed by atoms with Crippen molar-refractivity contribution in [1.29, 1.82) is 5.26 Å². The van der Waals surface area contributed by atoms with Gasteiger partial charge in [-0.05, 0) is 37.3 Å². The van der Waals surface area contributed by atoms with Crippen LogP contribution in [0.25, 0.3) is 33.1 Å². The van der Waals surface area contributed by atoms with Crippen molar-refractivity contribution >= 4 is 21.8 Å². The molecule has 0 aliphatic heterocycles. The molecule has 0 saturated carbocycles. The Labute approximate surface area is 146 Å². The highest BCUT2D eigenvalue weighted by Gasteiger charge is 2.19. The number of rotatable bonds is 3. The maximum absolute atomic E-state index is 9.83. The molecule has 0 bridgehead atoms. The van der Waals surface area contributed by atoms with Crippen LogP contribution in [0, 0.1) is 11.3 Å². The second-order valence-electron chi connectivity index (χ2n) is 6.16. The molecule has 4 heteroatoms. The Bertz CT molecular complexity index is 1140. The van der Waals surface area contributed by atoms with Crippen molar-refractivity contribution in [2.24, 2.45) is 7.05 Å². The van der Waals surface area contributed by atoms with E-state index < -0.39 is 0 Å². The van der Waals surface area contributed by atoms with Crippen LogP contribution in [0.4, 0.5) is 0 Å². The van der Waals surface area contributed by atoms with Gasteiger partial charge in [-0.15, -0.1) is 0 Å². The van der Waals surface area contributed by atoms with Gasteiger partial charge in [0.05, 0.1) is 23.9 Å². The summed E-state index contributed by atoms with van der Waals surface area (Å²) in [4.78, 5) is 0. The van der Waals surface area contributed by atoms with E-state index in [-0.39, 0.29) is 0 Å². The van der Waals surface area contributed by atoms with Crippen molar-refractivity contribution in [1.82, 2.24) is 9.13 Å². The van der Waals surface area contributed by atoms with Crippen molar-refractivity contribution in [2.45, 2.75) is 13.5 Å². The third kappa shape index (κ3) is 2.20. The van der Waals surface area contributed by atoms with Gasteiger partial charge >= 0.3 is 0 Å². The number of methoxy groups -OCH3 is 1. The number of aromatic nitrogens is 2.